The molecule has 0 aliphatic rings. The Morgan fingerprint density at radius 2 is 1.81 bits per heavy atom. The molecule has 0 aliphatic carbocycles. The molecule has 0 amide bonds. The van der Waals surface area contributed by atoms with Gasteiger partial charge in [0, 0.05) is 31.9 Å². The van der Waals surface area contributed by atoms with Crippen molar-refractivity contribution in [3.8, 4) is 0 Å². The van der Waals surface area contributed by atoms with Crippen molar-refractivity contribution in [3.63, 3.8) is 0 Å². The number of pyridine rings is 1. The first kappa shape index (κ1) is 18.1. The lowest BCUT2D eigenvalue weighted by atomic mass is 10.1. The van der Waals surface area contributed by atoms with Crippen LogP contribution in [0.15, 0.2) is 23.4 Å². The summed E-state index contributed by atoms with van der Waals surface area (Å²) in [7, 11) is -1.92. The first-order chi connectivity index (χ1) is 9.66. The van der Waals surface area contributed by atoms with E-state index >= 15 is 0 Å². The average molecular weight is 313 g/mol. The number of nitrogens with one attached hydrogen (secondary N) is 1. The molecule has 0 saturated heterocycles. The van der Waals surface area contributed by atoms with Gasteiger partial charge in [-0.2, -0.15) is 4.31 Å². The predicted molar refractivity (Wildman–Crippen MR) is 85.5 cm³/mol. The summed E-state index contributed by atoms with van der Waals surface area (Å²) in [4.78, 5) is 4.12. The van der Waals surface area contributed by atoms with Crippen LogP contribution in [0.4, 0.5) is 0 Å². The largest absolute Gasteiger partial charge is 0.310 e. The summed E-state index contributed by atoms with van der Waals surface area (Å²) in [5.41, 5.74) is 0.974. The second-order valence-corrected chi connectivity index (χ2v) is 7.99. The summed E-state index contributed by atoms with van der Waals surface area (Å²) in [5, 5.41) is 3.38. The molecule has 0 bridgehead atoms. The van der Waals surface area contributed by atoms with E-state index in [-0.39, 0.29) is 17.0 Å². The maximum Gasteiger partial charge on any atom is 0.260 e. The molecule has 0 radical (unpaired) electrons. The van der Waals surface area contributed by atoms with Crippen molar-refractivity contribution in [2.45, 2.75) is 58.3 Å². The van der Waals surface area contributed by atoms with Crippen LogP contribution in [0.3, 0.4) is 0 Å². The minimum Gasteiger partial charge on any atom is -0.310 e. The van der Waals surface area contributed by atoms with E-state index in [0.717, 1.165) is 5.56 Å². The van der Waals surface area contributed by atoms with Crippen LogP contribution in [0.25, 0.3) is 0 Å². The number of hydrogen-bond acceptors (Lipinski definition) is 4. The molecule has 1 rings (SSSR count). The smallest absolute Gasteiger partial charge is 0.260 e. The van der Waals surface area contributed by atoms with Crippen molar-refractivity contribution in [2.75, 3.05) is 7.05 Å². The van der Waals surface area contributed by atoms with Crippen LogP contribution in [0.1, 0.15) is 40.2 Å². The number of rotatable bonds is 7. The highest BCUT2D eigenvalue weighted by molar-refractivity contribution is 7.89. The van der Waals surface area contributed by atoms with Crippen LogP contribution in [-0.2, 0) is 16.6 Å². The minimum atomic E-state index is -3.53. The van der Waals surface area contributed by atoms with E-state index in [1.165, 1.54) is 4.31 Å². The Morgan fingerprint density at radius 1 is 1.19 bits per heavy atom. The molecule has 1 N–H and O–H groups in total. The van der Waals surface area contributed by atoms with Crippen LogP contribution in [-0.4, -0.2) is 36.8 Å². The van der Waals surface area contributed by atoms with Crippen molar-refractivity contribution in [3.05, 3.63) is 23.9 Å². The summed E-state index contributed by atoms with van der Waals surface area (Å²) in [6.07, 6.45) is 1.62. The average Bonchev–Trinajstić information content (AvgIpc) is 2.43. The fraction of sp³-hybridized carbons (Fsp3) is 0.667. The summed E-state index contributed by atoms with van der Waals surface area (Å²) in [5.74, 6) is 0.249. The molecule has 21 heavy (non-hydrogen) atoms. The van der Waals surface area contributed by atoms with E-state index < -0.39 is 10.0 Å². The zero-order valence-electron chi connectivity index (χ0n) is 13.8. The van der Waals surface area contributed by atoms with Gasteiger partial charge in [-0.15, -0.1) is 0 Å². The highest BCUT2D eigenvalue weighted by atomic mass is 32.2. The standard InChI is InChI=1S/C15H27N3O2S/c1-11(2)13(5)18(6)21(19,20)15-8-7-14(10-17-15)9-16-12(3)4/h7-8,10-13,16H,9H2,1-6H3. The third-order valence-electron chi connectivity index (χ3n) is 3.69. The highest BCUT2D eigenvalue weighted by Crippen LogP contribution is 2.18. The van der Waals surface area contributed by atoms with E-state index in [1.807, 2.05) is 26.8 Å². The monoisotopic (exact) mass is 313 g/mol. The van der Waals surface area contributed by atoms with Gasteiger partial charge in [0.15, 0.2) is 5.03 Å². The molecule has 1 heterocycles. The van der Waals surface area contributed by atoms with E-state index in [4.69, 9.17) is 0 Å². The third kappa shape index (κ3) is 4.76. The lowest BCUT2D eigenvalue weighted by Gasteiger charge is -2.26. The molecule has 1 unspecified atom stereocenters. The molecule has 0 saturated carbocycles. The van der Waals surface area contributed by atoms with Crippen LogP contribution in [0, 0.1) is 5.92 Å². The summed E-state index contributed by atoms with van der Waals surface area (Å²) in [6, 6.07) is 3.70. The second kappa shape index (κ2) is 7.33. The Kier molecular flexibility index (Phi) is 6.31. The molecule has 5 nitrogen and oxygen atoms in total. The summed E-state index contributed by atoms with van der Waals surface area (Å²) >= 11 is 0. The van der Waals surface area contributed by atoms with E-state index in [9.17, 15) is 8.42 Å². The van der Waals surface area contributed by atoms with Gasteiger partial charge in [0.2, 0.25) is 0 Å². The van der Waals surface area contributed by atoms with Crippen LogP contribution < -0.4 is 5.32 Å². The number of sulfonamides is 1. The molecular formula is C15H27N3O2S. The Balaban J connectivity index is 2.89. The molecular weight excluding hydrogens is 286 g/mol. The zero-order valence-corrected chi connectivity index (χ0v) is 14.6. The lowest BCUT2D eigenvalue weighted by Crippen LogP contribution is -2.38. The fourth-order valence-corrected chi connectivity index (χ4v) is 3.18. The molecule has 1 aromatic rings. The second-order valence-electron chi connectivity index (χ2n) is 6.05. The van der Waals surface area contributed by atoms with E-state index in [2.05, 4.69) is 24.1 Å². The van der Waals surface area contributed by atoms with Gasteiger partial charge in [-0.05, 0) is 24.5 Å². The lowest BCUT2D eigenvalue weighted by molar-refractivity contribution is 0.315. The van der Waals surface area contributed by atoms with Crippen molar-refractivity contribution < 1.29 is 8.42 Å². The Hall–Kier alpha value is -0.980. The van der Waals surface area contributed by atoms with Crippen molar-refractivity contribution in [2.24, 2.45) is 5.92 Å². The third-order valence-corrected chi connectivity index (χ3v) is 5.55. The number of aromatic nitrogens is 1. The fourth-order valence-electron chi connectivity index (χ4n) is 1.78. The molecule has 0 fully saturated rings. The number of nitrogens with zero attached hydrogens (tertiary/aromatic N) is 2. The van der Waals surface area contributed by atoms with E-state index in [1.54, 1.807) is 19.3 Å². The highest BCUT2D eigenvalue weighted by Gasteiger charge is 2.27. The maximum absolute atomic E-state index is 12.5. The van der Waals surface area contributed by atoms with Gasteiger partial charge in [-0.25, -0.2) is 13.4 Å². The molecule has 1 aromatic heterocycles. The molecule has 0 aromatic carbocycles. The van der Waals surface area contributed by atoms with Gasteiger partial charge in [0.25, 0.3) is 10.0 Å². The van der Waals surface area contributed by atoms with Gasteiger partial charge in [-0.1, -0.05) is 33.8 Å². The molecule has 120 valence electrons. The maximum atomic E-state index is 12.5. The Labute approximate surface area is 128 Å². The van der Waals surface area contributed by atoms with Gasteiger partial charge >= 0.3 is 0 Å². The van der Waals surface area contributed by atoms with Gasteiger partial charge in [0.1, 0.15) is 0 Å². The van der Waals surface area contributed by atoms with Gasteiger partial charge in [0.05, 0.1) is 0 Å². The van der Waals surface area contributed by atoms with Crippen molar-refractivity contribution >= 4 is 10.0 Å². The predicted octanol–water partition coefficient (Wildman–Crippen LogP) is 2.24. The molecule has 6 heteroatoms. The van der Waals surface area contributed by atoms with Gasteiger partial charge in [-0.3, -0.25) is 0 Å². The number of hydrogen-bond donors (Lipinski definition) is 1. The summed E-state index contributed by atoms with van der Waals surface area (Å²) < 4.78 is 26.4. The van der Waals surface area contributed by atoms with Crippen LogP contribution >= 0.6 is 0 Å². The zero-order chi connectivity index (χ0) is 16.2. The first-order valence-electron chi connectivity index (χ1n) is 7.32. The normalized spacial score (nSPS) is 14.1. The van der Waals surface area contributed by atoms with Crippen LogP contribution in [0.2, 0.25) is 0 Å². The van der Waals surface area contributed by atoms with Gasteiger partial charge < -0.3 is 5.32 Å². The van der Waals surface area contributed by atoms with Crippen LogP contribution in [0.5, 0.6) is 0 Å². The van der Waals surface area contributed by atoms with Crippen molar-refractivity contribution in [1.82, 2.24) is 14.6 Å². The Morgan fingerprint density at radius 3 is 2.24 bits per heavy atom. The Bertz CT molecular complexity index is 539. The van der Waals surface area contributed by atoms with Crippen molar-refractivity contribution in [1.29, 1.82) is 0 Å². The molecule has 1 atom stereocenters. The summed E-state index contributed by atoms with van der Waals surface area (Å²) in [6.45, 7) is 10.7. The first-order valence-corrected chi connectivity index (χ1v) is 8.76. The molecule has 0 spiro atoms. The van der Waals surface area contributed by atoms with E-state index in [0.29, 0.717) is 12.6 Å². The SMILES string of the molecule is CC(C)NCc1ccc(S(=O)(=O)N(C)C(C)C(C)C)nc1. The quantitative estimate of drug-likeness (QED) is 0.838. The minimum absolute atomic E-state index is 0.0703. The topological polar surface area (TPSA) is 62.3 Å². The molecule has 0 aliphatic heterocycles.